The van der Waals surface area contributed by atoms with Crippen LogP contribution in [0.3, 0.4) is 0 Å². The first-order valence-corrected chi connectivity index (χ1v) is 6.92. The number of carbonyl (C=O) groups is 2. The number of benzene rings is 2. The Morgan fingerprint density at radius 3 is 2.65 bits per heavy atom. The molecule has 3 rings (SSSR count). The van der Waals surface area contributed by atoms with E-state index < -0.39 is 5.97 Å². The molecule has 1 heterocycles. The van der Waals surface area contributed by atoms with Crippen molar-refractivity contribution >= 4 is 28.7 Å². The molecule has 0 atom stereocenters. The molecule has 4 N–H and O–H groups in total. The van der Waals surface area contributed by atoms with Gasteiger partial charge in [0, 0.05) is 12.2 Å². The zero-order valence-corrected chi connectivity index (χ0v) is 12.0. The van der Waals surface area contributed by atoms with E-state index in [1.165, 1.54) is 12.1 Å². The molecule has 2 aromatic carbocycles. The molecule has 0 saturated carbocycles. The van der Waals surface area contributed by atoms with E-state index in [9.17, 15) is 9.59 Å². The molecule has 0 fully saturated rings. The van der Waals surface area contributed by atoms with Crippen LogP contribution in [0.15, 0.2) is 48.8 Å². The van der Waals surface area contributed by atoms with Gasteiger partial charge in [-0.2, -0.15) is 0 Å². The fourth-order valence-corrected chi connectivity index (χ4v) is 2.14. The predicted molar refractivity (Wildman–Crippen MR) is 85.4 cm³/mol. The lowest BCUT2D eigenvalue weighted by Gasteiger charge is -2.08. The maximum absolute atomic E-state index is 11.9. The van der Waals surface area contributed by atoms with Crippen LogP contribution in [0.5, 0.6) is 0 Å². The molecule has 1 aromatic heterocycles. The average Bonchev–Trinajstić information content (AvgIpc) is 3.01. The second-order valence-electron chi connectivity index (χ2n) is 4.94. The predicted octanol–water partition coefficient (Wildman–Crippen LogP) is 2.58. The first kappa shape index (κ1) is 14.6. The summed E-state index contributed by atoms with van der Waals surface area (Å²) in [5, 5.41) is 14.3. The van der Waals surface area contributed by atoms with Gasteiger partial charge >= 0.3 is 12.0 Å². The fourth-order valence-electron chi connectivity index (χ4n) is 2.14. The smallest absolute Gasteiger partial charge is 0.335 e. The molecule has 0 spiro atoms. The minimum absolute atomic E-state index is 0.214. The van der Waals surface area contributed by atoms with Gasteiger partial charge in [-0.25, -0.2) is 14.6 Å². The number of hydrogen-bond acceptors (Lipinski definition) is 3. The van der Waals surface area contributed by atoms with Crippen molar-refractivity contribution in [3.05, 3.63) is 59.9 Å². The monoisotopic (exact) mass is 310 g/mol. The number of carboxylic acid groups (broad SMARTS) is 1. The SMILES string of the molecule is O=C(NCc1ccc(C(=O)O)cc1)Nc1ccc2nc[nH]c2c1. The molecular weight excluding hydrogens is 296 g/mol. The van der Waals surface area contributed by atoms with Gasteiger partial charge in [0.15, 0.2) is 0 Å². The number of aromatic carboxylic acids is 1. The zero-order chi connectivity index (χ0) is 16.2. The number of imidazole rings is 1. The summed E-state index contributed by atoms with van der Waals surface area (Å²) >= 11 is 0. The van der Waals surface area contributed by atoms with E-state index in [1.54, 1.807) is 30.6 Å². The van der Waals surface area contributed by atoms with Crippen molar-refractivity contribution in [3.8, 4) is 0 Å². The highest BCUT2D eigenvalue weighted by Crippen LogP contribution is 2.15. The molecule has 0 aliphatic rings. The summed E-state index contributed by atoms with van der Waals surface area (Å²) < 4.78 is 0. The van der Waals surface area contributed by atoms with Crippen LogP contribution >= 0.6 is 0 Å². The number of carbonyl (C=O) groups excluding carboxylic acids is 1. The number of carboxylic acids is 1. The molecule has 0 radical (unpaired) electrons. The van der Waals surface area contributed by atoms with Crippen molar-refractivity contribution in [2.45, 2.75) is 6.54 Å². The third-order valence-electron chi connectivity index (χ3n) is 3.33. The first-order chi connectivity index (χ1) is 11.1. The number of aromatic amines is 1. The highest BCUT2D eigenvalue weighted by molar-refractivity contribution is 5.91. The number of hydrogen-bond donors (Lipinski definition) is 4. The topological polar surface area (TPSA) is 107 Å². The van der Waals surface area contributed by atoms with Gasteiger partial charge in [-0.15, -0.1) is 0 Å². The number of rotatable bonds is 4. The minimum Gasteiger partial charge on any atom is -0.478 e. The van der Waals surface area contributed by atoms with Crippen molar-refractivity contribution in [1.29, 1.82) is 0 Å². The Bertz CT molecular complexity index is 855. The zero-order valence-electron chi connectivity index (χ0n) is 12.0. The van der Waals surface area contributed by atoms with Crippen LogP contribution in [0.1, 0.15) is 15.9 Å². The number of nitrogens with one attached hydrogen (secondary N) is 3. The van der Waals surface area contributed by atoms with Crippen LogP contribution < -0.4 is 10.6 Å². The molecule has 0 bridgehead atoms. The van der Waals surface area contributed by atoms with Crippen molar-refractivity contribution in [1.82, 2.24) is 15.3 Å². The second kappa shape index (κ2) is 6.18. The van der Waals surface area contributed by atoms with Crippen molar-refractivity contribution in [2.75, 3.05) is 5.32 Å². The lowest BCUT2D eigenvalue weighted by molar-refractivity contribution is 0.0697. The van der Waals surface area contributed by atoms with Gasteiger partial charge in [-0.3, -0.25) is 0 Å². The lowest BCUT2D eigenvalue weighted by atomic mass is 10.1. The van der Waals surface area contributed by atoms with Crippen LogP contribution in [-0.2, 0) is 6.54 Å². The van der Waals surface area contributed by atoms with Gasteiger partial charge in [-0.05, 0) is 35.9 Å². The highest BCUT2D eigenvalue weighted by Gasteiger charge is 2.05. The Hall–Kier alpha value is -3.35. The average molecular weight is 310 g/mol. The number of amides is 2. The molecule has 23 heavy (non-hydrogen) atoms. The van der Waals surface area contributed by atoms with E-state index in [-0.39, 0.29) is 11.6 Å². The van der Waals surface area contributed by atoms with Crippen LogP contribution in [-0.4, -0.2) is 27.1 Å². The number of anilines is 1. The summed E-state index contributed by atoms with van der Waals surface area (Å²) in [6, 6.07) is 11.4. The first-order valence-electron chi connectivity index (χ1n) is 6.92. The maximum atomic E-state index is 11.9. The summed E-state index contributed by atoms with van der Waals surface area (Å²) in [7, 11) is 0. The Balaban J connectivity index is 1.57. The molecule has 2 amide bonds. The largest absolute Gasteiger partial charge is 0.478 e. The summed E-state index contributed by atoms with van der Waals surface area (Å²) in [6.45, 7) is 0.304. The van der Waals surface area contributed by atoms with E-state index in [4.69, 9.17) is 5.11 Å². The van der Waals surface area contributed by atoms with Crippen LogP contribution in [0, 0.1) is 0 Å². The van der Waals surface area contributed by atoms with Gasteiger partial charge in [0.05, 0.1) is 22.9 Å². The third-order valence-corrected chi connectivity index (χ3v) is 3.33. The Labute approximate surface area is 131 Å². The molecular formula is C16H14N4O3. The highest BCUT2D eigenvalue weighted by atomic mass is 16.4. The second-order valence-corrected chi connectivity index (χ2v) is 4.94. The number of aromatic nitrogens is 2. The fraction of sp³-hybridized carbons (Fsp3) is 0.0625. The van der Waals surface area contributed by atoms with Crippen molar-refractivity contribution in [3.63, 3.8) is 0 Å². The van der Waals surface area contributed by atoms with Crippen molar-refractivity contribution < 1.29 is 14.7 Å². The van der Waals surface area contributed by atoms with E-state index in [0.717, 1.165) is 16.6 Å². The van der Waals surface area contributed by atoms with Gasteiger partial charge < -0.3 is 20.7 Å². The molecule has 116 valence electrons. The van der Waals surface area contributed by atoms with Gasteiger partial charge in [0.25, 0.3) is 0 Å². The van der Waals surface area contributed by atoms with Gasteiger partial charge in [0.1, 0.15) is 0 Å². The number of urea groups is 1. The number of H-pyrrole nitrogens is 1. The standard InChI is InChI=1S/C16H14N4O3/c21-15(22)11-3-1-10(2-4-11)8-17-16(23)20-12-5-6-13-14(7-12)19-9-18-13/h1-7,9H,8H2,(H,18,19)(H,21,22)(H2,17,20,23). The van der Waals surface area contributed by atoms with Crippen molar-refractivity contribution in [2.24, 2.45) is 0 Å². The summed E-state index contributed by atoms with van der Waals surface area (Å²) in [5.74, 6) is -0.976. The van der Waals surface area contributed by atoms with E-state index >= 15 is 0 Å². The van der Waals surface area contributed by atoms with E-state index in [0.29, 0.717) is 12.2 Å². The Morgan fingerprint density at radius 1 is 1.13 bits per heavy atom. The quantitative estimate of drug-likeness (QED) is 0.594. The summed E-state index contributed by atoms with van der Waals surface area (Å²) in [5.41, 5.74) is 3.35. The Morgan fingerprint density at radius 2 is 1.91 bits per heavy atom. The maximum Gasteiger partial charge on any atom is 0.335 e. The van der Waals surface area contributed by atoms with Gasteiger partial charge in [0.2, 0.25) is 0 Å². The molecule has 7 nitrogen and oxygen atoms in total. The molecule has 0 aliphatic heterocycles. The molecule has 3 aromatic rings. The number of fused-ring (bicyclic) bond motifs is 1. The molecule has 7 heteroatoms. The van der Waals surface area contributed by atoms with Crippen LogP contribution in [0.25, 0.3) is 11.0 Å². The van der Waals surface area contributed by atoms with E-state index in [2.05, 4.69) is 20.6 Å². The third kappa shape index (κ3) is 3.46. The lowest BCUT2D eigenvalue weighted by Crippen LogP contribution is -2.28. The van der Waals surface area contributed by atoms with Gasteiger partial charge in [-0.1, -0.05) is 12.1 Å². The normalized spacial score (nSPS) is 10.4. The van der Waals surface area contributed by atoms with Crippen LogP contribution in [0.2, 0.25) is 0 Å². The molecule has 0 saturated heterocycles. The Kier molecular flexibility index (Phi) is 3.92. The molecule has 0 unspecified atom stereocenters. The minimum atomic E-state index is -0.976. The van der Waals surface area contributed by atoms with Crippen LogP contribution in [0.4, 0.5) is 10.5 Å². The number of nitrogens with zero attached hydrogens (tertiary/aromatic N) is 1. The molecule has 0 aliphatic carbocycles. The summed E-state index contributed by atoms with van der Waals surface area (Å²) in [6.07, 6.45) is 1.59. The van der Waals surface area contributed by atoms with E-state index in [1.807, 2.05) is 6.07 Å². The summed E-state index contributed by atoms with van der Waals surface area (Å²) in [4.78, 5) is 29.7.